The van der Waals surface area contributed by atoms with Crippen LogP contribution in [-0.2, 0) is 15.1 Å². The van der Waals surface area contributed by atoms with Crippen LogP contribution in [0.15, 0.2) is 65.6 Å². The van der Waals surface area contributed by atoms with Crippen LogP contribution in [0.2, 0.25) is 0 Å². The first-order chi connectivity index (χ1) is 16.6. The Morgan fingerprint density at radius 3 is 2.29 bits per heavy atom. The van der Waals surface area contributed by atoms with E-state index >= 15 is 0 Å². The maximum atomic E-state index is 13.6. The average molecular weight is 481 g/mol. The molecule has 34 heavy (non-hydrogen) atoms. The number of carbonyl (C=O) groups is 1. The second-order valence-corrected chi connectivity index (χ2v) is 11.8. The fourth-order valence-electron chi connectivity index (χ4n) is 6.56. The Hall–Kier alpha value is -1.82. The van der Waals surface area contributed by atoms with Crippen LogP contribution >= 0.6 is 11.8 Å². The minimum atomic E-state index is -1.53. The van der Waals surface area contributed by atoms with Crippen molar-refractivity contribution in [2.75, 3.05) is 31.9 Å². The lowest BCUT2D eigenvalue weighted by Gasteiger charge is -2.52. The van der Waals surface area contributed by atoms with E-state index in [-0.39, 0.29) is 12.0 Å². The molecule has 0 spiro atoms. The smallest absolute Gasteiger partial charge is 0.343 e. The number of benzene rings is 2. The van der Waals surface area contributed by atoms with Gasteiger partial charge >= 0.3 is 5.97 Å². The summed E-state index contributed by atoms with van der Waals surface area (Å²) < 4.78 is 7.31. The molecule has 2 aromatic carbocycles. The summed E-state index contributed by atoms with van der Waals surface area (Å²) in [6.45, 7) is 4.44. The minimum absolute atomic E-state index is 0.0540. The second-order valence-electron chi connectivity index (χ2n) is 10.6. The Morgan fingerprint density at radius 2 is 1.62 bits per heavy atom. The zero-order valence-electron chi connectivity index (χ0n) is 20.1. The van der Waals surface area contributed by atoms with Crippen molar-refractivity contribution in [3.8, 4) is 0 Å². The van der Waals surface area contributed by atoms with E-state index in [9.17, 15) is 9.90 Å². The van der Waals surface area contributed by atoms with Gasteiger partial charge < -0.3 is 14.3 Å². The number of hydrogen-bond donors (Lipinski definition) is 1. The van der Waals surface area contributed by atoms with Crippen LogP contribution in [0.5, 0.6) is 0 Å². The first kappa shape index (κ1) is 23.9. The molecule has 5 heteroatoms. The van der Waals surface area contributed by atoms with Gasteiger partial charge in [-0.15, -0.1) is 11.8 Å². The van der Waals surface area contributed by atoms with Crippen LogP contribution < -0.4 is 0 Å². The molecule has 0 radical (unpaired) electrons. The third-order valence-electron chi connectivity index (χ3n) is 8.56. The van der Waals surface area contributed by atoms with E-state index < -0.39 is 11.6 Å². The number of fused-ring (bicyclic) bond motifs is 3. The molecule has 182 valence electrons. The number of nitrogens with zero attached hydrogens (tertiary/aromatic N) is 1. The van der Waals surface area contributed by atoms with E-state index in [2.05, 4.69) is 30.3 Å². The van der Waals surface area contributed by atoms with Crippen molar-refractivity contribution < 1.29 is 19.1 Å². The molecule has 4 aliphatic rings. The van der Waals surface area contributed by atoms with Crippen molar-refractivity contribution in [2.45, 2.75) is 61.5 Å². The van der Waals surface area contributed by atoms with Crippen molar-refractivity contribution in [1.82, 2.24) is 0 Å². The predicted octanol–water partition coefficient (Wildman–Crippen LogP) is 5.40. The number of thioether (sulfide) groups is 1. The molecule has 1 saturated carbocycles. The van der Waals surface area contributed by atoms with Gasteiger partial charge in [0, 0.05) is 41.7 Å². The molecule has 3 saturated heterocycles. The Kier molecular flexibility index (Phi) is 7.33. The van der Waals surface area contributed by atoms with Crippen LogP contribution in [0.25, 0.3) is 0 Å². The van der Waals surface area contributed by atoms with Crippen LogP contribution in [-0.4, -0.2) is 53.6 Å². The van der Waals surface area contributed by atoms with E-state index in [1.807, 2.05) is 42.1 Å². The predicted molar refractivity (Wildman–Crippen MR) is 136 cm³/mol. The third-order valence-corrected chi connectivity index (χ3v) is 9.66. The Balaban J connectivity index is 1.23. The molecule has 0 aromatic heterocycles. The van der Waals surface area contributed by atoms with E-state index in [0.29, 0.717) is 11.5 Å². The van der Waals surface area contributed by atoms with Gasteiger partial charge in [-0.2, -0.15) is 0 Å². The maximum absolute atomic E-state index is 13.6. The van der Waals surface area contributed by atoms with Gasteiger partial charge in [-0.1, -0.05) is 61.4 Å². The van der Waals surface area contributed by atoms with Crippen molar-refractivity contribution in [3.05, 3.63) is 66.2 Å². The first-order valence-corrected chi connectivity index (χ1v) is 14.1. The molecule has 6 rings (SSSR count). The fourth-order valence-corrected chi connectivity index (χ4v) is 7.42. The topological polar surface area (TPSA) is 46.5 Å². The number of aliphatic hydroxyl groups is 1. The van der Waals surface area contributed by atoms with Crippen molar-refractivity contribution in [2.24, 2.45) is 11.8 Å². The molecule has 4 fully saturated rings. The summed E-state index contributed by atoms with van der Waals surface area (Å²) in [5, 5.41) is 11.8. The quantitative estimate of drug-likeness (QED) is 0.226. The van der Waals surface area contributed by atoms with Crippen molar-refractivity contribution in [3.63, 3.8) is 0 Å². The Bertz CT molecular complexity index is 938. The lowest BCUT2D eigenvalue weighted by Crippen LogP contribution is -2.65. The summed E-state index contributed by atoms with van der Waals surface area (Å²) in [5.41, 5.74) is -0.837. The van der Waals surface area contributed by atoms with Gasteiger partial charge in [0.15, 0.2) is 11.7 Å². The largest absolute Gasteiger partial charge is 0.454 e. The van der Waals surface area contributed by atoms with Gasteiger partial charge in [0.25, 0.3) is 0 Å². The second kappa shape index (κ2) is 10.4. The summed E-state index contributed by atoms with van der Waals surface area (Å²) >= 11 is 1.93. The van der Waals surface area contributed by atoms with Gasteiger partial charge in [0.2, 0.25) is 0 Å². The summed E-state index contributed by atoms with van der Waals surface area (Å²) in [4.78, 5) is 15.0. The van der Waals surface area contributed by atoms with E-state index in [1.54, 1.807) is 0 Å². The number of carbonyl (C=O) groups excluding carboxylic acids is 1. The van der Waals surface area contributed by atoms with Gasteiger partial charge in [0.1, 0.15) is 6.54 Å². The fraction of sp³-hybridized carbons (Fsp3) is 0.552. The highest BCUT2D eigenvalue weighted by molar-refractivity contribution is 7.99. The van der Waals surface area contributed by atoms with Gasteiger partial charge in [-0.3, -0.25) is 0 Å². The number of rotatable bonds is 9. The van der Waals surface area contributed by atoms with Crippen LogP contribution in [0.4, 0.5) is 0 Å². The normalized spacial score (nSPS) is 28.5. The molecule has 4 nitrogen and oxygen atoms in total. The van der Waals surface area contributed by atoms with Gasteiger partial charge in [-0.25, -0.2) is 4.79 Å². The highest BCUT2D eigenvalue weighted by Crippen LogP contribution is 2.43. The molecule has 2 bridgehead atoms. The van der Waals surface area contributed by atoms with Crippen molar-refractivity contribution in [1.29, 1.82) is 0 Å². The SMILES string of the molecule is O=C(O[C@H]1C[N+]2(CCCSc3ccccc3)CCC1CC2)[C@@](O)(c1ccccc1)C1CCCC1. The molecule has 1 aliphatic carbocycles. The number of piperidine rings is 3. The summed E-state index contributed by atoms with van der Waals surface area (Å²) in [5.74, 6) is 1.09. The van der Waals surface area contributed by atoms with Crippen molar-refractivity contribution >= 4 is 17.7 Å². The molecule has 0 amide bonds. The molecule has 0 unspecified atom stereocenters. The Labute approximate surface area is 208 Å². The summed E-state index contributed by atoms with van der Waals surface area (Å²) in [7, 11) is 0. The molecule has 1 N–H and O–H groups in total. The standard InChI is InChI=1S/C29H38NO3S/c31-28(29(32,25-12-7-8-13-25)24-10-3-1-4-11-24)33-27-22-30(19-16-23(27)17-20-30)18-9-21-34-26-14-5-2-6-15-26/h1-6,10-11,14-15,23,25,27,32H,7-9,12-13,16-22H2/q+1/t23?,27-,29+,30?/m0/s1. The molecule has 3 heterocycles. The monoisotopic (exact) mass is 480 g/mol. The lowest BCUT2D eigenvalue weighted by atomic mass is 9.79. The van der Waals surface area contributed by atoms with E-state index in [4.69, 9.17) is 4.74 Å². The maximum Gasteiger partial charge on any atom is 0.343 e. The Morgan fingerprint density at radius 1 is 0.971 bits per heavy atom. The zero-order chi connectivity index (χ0) is 23.4. The first-order valence-electron chi connectivity index (χ1n) is 13.1. The summed E-state index contributed by atoms with van der Waals surface area (Å²) in [6, 6.07) is 20.1. The molecular formula is C29H38NO3S+. The van der Waals surface area contributed by atoms with Gasteiger partial charge in [-0.05, 0) is 30.5 Å². The van der Waals surface area contributed by atoms with Gasteiger partial charge in [0.05, 0.1) is 19.6 Å². The summed E-state index contributed by atoms with van der Waals surface area (Å²) in [6.07, 6.45) is 7.24. The zero-order valence-corrected chi connectivity index (χ0v) is 20.9. The average Bonchev–Trinajstić information content (AvgIpc) is 3.44. The lowest BCUT2D eigenvalue weighted by molar-refractivity contribution is -0.946. The molecule has 2 atom stereocenters. The van der Waals surface area contributed by atoms with E-state index in [1.165, 1.54) is 24.4 Å². The van der Waals surface area contributed by atoms with Crippen LogP contribution in [0, 0.1) is 11.8 Å². The third kappa shape index (κ3) is 4.93. The number of ether oxygens (including phenoxy) is 1. The highest BCUT2D eigenvalue weighted by Gasteiger charge is 2.52. The minimum Gasteiger partial charge on any atom is -0.454 e. The van der Waals surface area contributed by atoms with E-state index in [0.717, 1.165) is 61.9 Å². The molecule has 3 aliphatic heterocycles. The molecular weight excluding hydrogens is 442 g/mol. The number of hydrogen-bond acceptors (Lipinski definition) is 4. The van der Waals surface area contributed by atoms with Crippen LogP contribution in [0.1, 0.15) is 50.5 Å². The number of quaternary nitrogens is 1. The number of esters is 1. The van der Waals surface area contributed by atoms with Crippen LogP contribution in [0.3, 0.4) is 0 Å². The highest BCUT2D eigenvalue weighted by atomic mass is 32.2. The molecule has 2 aromatic rings.